The van der Waals surface area contributed by atoms with E-state index in [4.69, 9.17) is 0 Å². The maximum atomic E-state index is 10.1. The highest BCUT2D eigenvalue weighted by atomic mass is 16.3. The lowest BCUT2D eigenvalue weighted by Crippen LogP contribution is -2.38. The minimum Gasteiger partial charge on any atom is -0.392 e. The Morgan fingerprint density at radius 2 is 1.94 bits per heavy atom. The number of aryl methyl sites for hydroxylation is 2. The first-order valence-corrected chi connectivity index (χ1v) is 7.14. The summed E-state index contributed by atoms with van der Waals surface area (Å²) in [5.74, 6) is 0. The Bertz CT molecular complexity index is 389. The third kappa shape index (κ3) is 3.56. The molecule has 1 fully saturated rings. The van der Waals surface area contributed by atoms with Gasteiger partial charge in [0.05, 0.1) is 6.10 Å². The molecule has 2 heteroatoms. The molecular weight excluding hydrogens is 222 g/mol. The van der Waals surface area contributed by atoms with Crippen molar-refractivity contribution in [1.29, 1.82) is 0 Å². The summed E-state index contributed by atoms with van der Waals surface area (Å²) in [5.41, 5.74) is 3.99. The average Bonchev–Trinajstić information content (AvgIpc) is 2.53. The molecular formula is C16H25NO. The van der Waals surface area contributed by atoms with Crippen molar-refractivity contribution in [2.24, 2.45) is 0 Å². The quantitative estimate of drug-likeness (QED) is 0.805. The van der Waals surface area contributed by atoms with Crippen molar-refractivity contribution in [3.63, 3.8) is 0 Å². The van der Waals surface area contributed by atoms with E-state index in [1.54, 1.807) is 0 Å². The Kier molecular flexibility index (Phi) is 4.79. The van der Waals surface area contributed by atoms with Crippen LogP contribution in [0.5, 0.6) is 0 Å². The molecule has 2 unspecified atom stereocenters. The SMILES string of the molecule is Cc1ccc(CNC2CCCCCC2O)c(C)c1. The van der Waals surface area contributed by atoms with Crippen LogP contribution in [0, 0.1) is 13.8 Å². The molecule has 100 valence electrons. The maximum absolute atomic E-state index is 10.1. The smallest absolute Gasteiger partial charge is 0.0693 e. The Morgan fingerprint density at radius 1 is 1.17 bits per heavy atom. The maximum Gasteiger partial charge on any atom is 0.0693 e. The van der Waals surface area contributed by atoms with Gasteiger partial charge in [-0.15, -0.1) is 0 Å². The largest absolute Gasteiger partial charge is 0.392 e. The molecule has 0 heterocycles. The van der Waals surface area contributed by atoms with Gasteiger partial charge in [0.2, 0.25) is 0 Å². The van der Waals surface area contributed by atoms with Crippen LogP contribution in [0.2, 0.25) is 0 Å². The summed E-state index contributed by atoms with van der Waals surface area (Å²) in [5, 5.41) is 13.6. The molecule has 1 aromatic carbocycles. The normalized spacial score (nSPS) is 24.8. The van der Waals surface area contributed by atoms with Crippen LogP contribution in [-0.2, 0) is 6.54 Å². The molecule has 0 aliphatic heterocycles. The van der Waals surface area contributed by atoms with Gasteiger partial charge in [-0.3, -0.25) is 0 Å². The lowest BCUT2D eigenvalue weighted by Gasteiger charge is -2.22. The second-order valence-corrected chi connectivity index (χ2v) is 5.62. The van der Waals surface area contributed by atoms with E-state index in [1.165, 1.54) is 36.0 Å². The number of hydrogen-bond acceptors (Lipinski definition) is 2. The topological polar surface area (TPSA) is 32.3 Å². The molecule has 2 nitrogen and oxygen atoms in total. The molecule has 18 heavy (non-hydrogen) atoms. The van der Waals surface area contributed by atoms with E-state index in [-0.39, 0.29) is 12.1 Å². The lowest BCUT2D eigenvalue weighted by molar-refractivity contribution is 0.119. The average molecular weight is 247 g/mol. The van der Waals surface area contributed by atoms with Gasteiger partial charge in [-0.2, -0.15) is 0 Å². The van der Waals surface area contributed by atoms with Crippen LogP contribution >= 0.6 is 0 Å². The molecule has 1 saturated carbocycles. The van der Waals surface area contributed by atoms with Crippen molar-refractivity contribution in [3.8, 4) is 0 Å². The minimum atomic E-state index is -0.168. The Hall–Kier alpha value is -0.860. The predicted octanol–water partition coefficient (Wildman–Crippen LogP) is 3.09. The first kappa shape index (κ1) is 13.6. The van der Waals surface area contributed by atoms with Gasteiger partial charge in [0, 0.05) is 12.6 Å². The Morgan fingerprint density at radius 3 is 2.72 bits per heavy atom. The highest BCUT2D eigenvalue weighted by molar-refractivity contribution is 5.30. The van der Waals surface area contributed by atoms with Crippen molar-refractivity contribution < 1.29 is 5.11 Å². The second kappa shape index (κ2) is 6.35. The van der Waals surface area contributed by atoms with Gasteiger partial charge in [0.1, 0.15) is 0 Å². The van der Waals surface area contributed by atoms with Gasteiger partial charge in [-0.25, -0.2) is 0 Å². The zero-order valence-corrected chi connectivity index (χ0v) is 11.6. The molecule has 1 aliphatic rings. The first-order chi connectivity index (χ1) is 8.66. The van der Waals surface area contributed by atoms with Gasteiger partial charge in [0.25, 0.3) is 0 Å². The van der Waals surface area contributed by atoms with Crippen molar-refractivity contribution in [1.82, 2.24) is 5.32 Å². The minimum absolute atomic E-state index is 0.168. The zero-order chi connectivity index (χ0) is 13.0. The van der Waals surface area contributed by atoms with Crippen LogP contribution in [-0.4, -0.2) is 17.3 Å². The lowest BCUT2D eigenvalue weighted by atomic mass is 10.0. The molecule has 2 N–H and O–H groups in total. The second-order valence-electron chi connectivity index (χ2n) is 5.62. The van der Waals surface area contributed by atoms with Crippen LogP contribution in [0.25, 0.3) is 0 Å². The summed E-state index contributed by atoms with van der Waals surface area (Å²) >= 11 is 0. The van der Waals surface area contributed by atoms with E-state index in [9.17, 15) is 5.11 Å². The molecule has 0 bridgehead atoms. The molecule has 0 amide bonds. The standard InChI is InChI=1S/C16H25NO/c1-12-8-9-14(13(2)10-12)11-17-15-6-4-3-5-7-16(15)18/h8-10,15-18H,3-7,11H2,1-2H3. The summed E-state index contributed by atoms with van der Waals surface area (Å²) in [6, 6.07) is 6.85. The van der Waals surface area contributed by atoms with E-state index < -0.39 is 0 Å². The third-order valence-corrected chi connectivity index (χ3v) is 4.03. The highest BCUT2D eigenvalue weighted by Crippen LogP contribution is 2.19. The highest BCUT2D eigenvalue weighted by Gasteiger charge is 2.20. The number of benzene rings is 1. The summed E-state index contributed by atoms with van der Waals surface area (Å²) < 4.78 is 0. The van der Waals surface area contributed by atoms with Crippen LogP contribution in [0.1, 0.15) is 48.8 Å². The van der Waals surface area contributed by atoms with E-state index >= 15 is 0 Å². The van der Waals surface area contributed by atoms with Crippen LogP contribution in [0.15, 0.2) is 18.2 Å². The number of aliphatic hydroxyl groups excluding tert-OH is 1. The van der Waals surface area contributed by atoms with Gasteiger partial charge >= 0.3 is 0 Å². The predicted molar refractivity (Wildman–Crippen MR) is 75.6 cm³/mol. The number of hydrogen-bond donors (Lipinski definition) is 2. The summed E-state index contributed by atoms with van der Waals surface area (Å²) in [7, 11) is 0. The van der Waals surface area contributed by atoms with Crippen molar-refractivity contribution in [3.05, 3.63) is 34.9 Å². The van der Waals surface area contributed by atoms with E-state index in [2.05, 4.69) is 37.4 Å². The van der Waals surface area contributed by atoms with Crippen molar-refractivity contribution >= 4 is 0 Å². The van der Waals surface area contributed by atoms with E-state index in [0.29, 0.717) is 0 Å². The Balaban J connectivity index is 1.93. The fraction of sp³-hybridized carbons (Fsp3) is 0.625. The molecule has 0 aromatic heterocycles. The third-order valence-electron chi connectivity index (χ3n) is 4.03. The fourth-order valence-corrected chi connectivity index (χ4v) is 2.81. The van der Waals surface area contributed by atoms with Crippen molar-refractivity contribution in [2.75, 3.05) is 0 Å². The zero-order valence-electron chi connectivity index (χ0n) is 11.6. The summed E-state index contributed by atoms with van der Waals surface area (Å²) in [6.07, 6.45) is 5.55. The van der Waals surface area contributed by atoms with Gasteiger partial charge in [-0.05, 0) is 37.8 Å². The number of rotatable bonds is 3. The van der Waals surface area contributed by atoms with Crippen LogP contribution in [0.3, 0.4) is 0 Å². The number of nitrogens with one attached hydrogen (secondary N) is 1. The molecule has 2 atom stereocenters. The van der Waals surface area contributed by atoms with E-state index in [0.717, 1.165) is 19.4 Å². The monoisotopic (exact) mass is 247 g/mol. The van der Waals surface area contributed by atoms with Crippen molar-refractivity contribution in [2.45, 2.75) is 64.6 Å². The summed E-state index contributed by atoms with van der Waals surface area (Å²) in [4.78, 5) is 0. The van der Waals surface area contributed by atoms with Gasteiger partial charge in [0.15, 0.2) is 0 Å². The van der Waals surface area contributed by atoms with Gasteiger partial charge in [-0.1, -0.05) is 43.0 Å². The summed E-state index contributed by atoms with van der Waals surface area (Å²) in [6.45, 7) is 5.15. The molecule has 2 rings (SSSR count). The first-order valence-electron chi connectivity index (χ1n) is 7.14. The van der Waals surface area contributed by atoms with Crippen LogP contribution < -0.4 is 5.32 Å². The molecule has 0 spiro atoms. The molecule has 0 saturated heterocycles. The molecule has 1 aromatic rings. The Labute approximate surface area is 110 Å². The van der Waals surface area contributed by atoms with Gasteiger partial charge < -0.3 is 10.4 Å². The molecule has 1 aliphatic carbocycles. The molecule has 0 radical (unpaired) electrons. The fourth-order valence-electron chi connectivity index (χ4n) is 2.81. The number of aliphatic hydroxyl groups is 1. The van der Waals surface area contributed by atoms with E-state index in [1.807, 2.05) is 0 Å². The van der Waals surface area contributed by atoms with Crippen LogP contribution in [0.4, 0.5) is 0 Å².